The number of ether oxygens (including phenoxy) is 2. The molecule has 0 aromatic heterocycles. The van der Waals surface area contributed by atoms with E-state index < -0.39 is 6.10 Å². The molecule has 3 atom stereocenters. The Morgan fingerprint density at radius 1 is 1.03 bits per heavy atom. The molecule has 0 saturated carbocycles. The number of aliphatic hydroxyl groups is 2. The van der Waals surface area contributed by atoms with Crippen LogP contribution in [-0.2, 0) is 11.2 Å². The van der Waals surface area contributed by atoms with Crippen LogP contribution in [-0.4, -0.2) is 35.6 Å². The zero-order valence-corrected chi connectivity index (χ0v) is 19.9. The van der Waals surface area contributed by atoms with Crippen molar-refractivity contribution >= 4 is 11.6 Å². The predicted molar refractivity (Wildman–Crippen MR) is 132 cm³/mol. The molecule has 1 saturated heterocycles. The van der Waals surface area contributed by atoms with Crippen LogP contribution in [0.25, 0.3) is 11.1 Å². The summed E-state index contributed by atoms with van der Waals surface area (Å²) in [4.78, 5) is 0. The Bertz CT molecular complexity index is 1080. The number of hydrogen-bond donors (Lipinski definition) is 2. The fourth-order valence-corrected chi connectivity index (χ4v) is 4.78. The number of rotatable bonds is 7. The molecule has 1 aliphatic rings. The number of benzene rings is 3. The molecule has 0 bridgehead atoms. The summed E-state index contributed by atoms with van der Waals surface area (Å²) in [5.74, 6) is 0.864. The van der Waals surface area contributed by atoms with E-state index >= 15 is 0 Å². The maximum absolute atomic E-state index is 10.4. The van der Waals surface area contributed by atoms with Crippen LogP contribution in [0.4, 0.5) is 0 Å². The molecule has 1 aliphatic heterocycles. The maximum Gasteiger partial charge on any atom is 0.119 e. The lowest BCUT2D eigenvalue weighted by Gasteiger charge is -2.33. The first-order valence-electron chi connectivity index (χ1n) is 11.5. The summed E-state index contributed by atoms with van der Waals surface area (Å²) in [6.45, 7) is 4.64. The summed E-state index contributed by atoms with van der Waals surface area (Å²) in [5, 5.41) is 20.7. The minimum absolute atomic E-state index is 0.101. The molecule has 3 unspecified atom stereocenters. The van der Waals surface area contributed by atoms with Crippen LogP contribution in [0.1, 0.15) is 48.1 Å². The van der Waals surface area contributed by atoms with Gasteiger partial charge >= 0.3 is 0 Å². The van der Waals surface area contributed by atoms with E-state index in [1.165, 1.54) is 11.1 Å². The van der Waals surface area contributed by atoms with Gasteiger partial charge in [0.25, 0.3) is 0 Å². The summed E-state index contributed by atoms with van der Waals surface area (Å²) in [7, 11) is 0. The van der Waals surface area contributed by atoms with Crippen molar-refractivity contribution in [2.75, 3.05) is 13.2 Å². The number of halogens is 1. The molecular weight excluding hydrogens is 436 g/mol. The second kappa shape index (κ2) is 10.7. The summed E-state index contributed by atoms with van der Waals surface area (Å²) < 4.78 is 11.7. The first-order valence-corrected chi connectivity index (χ1v) is 11.9. The third kappa shape index (κ3) is 5.59. The zero-order chi connectivity index (χ0) is 23.4. The summed E-state index contributed by atoms with van der Waals surface area (Å²) in [6.07, 6.45) is 0.562. The van der Waals surface area contributed by atoms with E-state index in [-0.39, 0.29) is 18.8 Å². The quantitative estimate of drug-likeness (QED) is 0.456. The molecule has 33 heavy (non-hydrogen) atoms. The summed E-state index contributed by atoms with van der Waals surface area (Å²) >= 11 is 6.58. The van der Waals surface area contributed by atoms with Crippen LogP contribution in [0.2, 0.25) is 5.02 Å². The Kier molecular flexibility index (Phi) is 7.71. The lowest BCUT2D eigenvalue weighted by atomic mass is 9.87. The molecule has 1 heterocycles. The molecule has 5 heteroatoms. The fraction of sp³-hybridized carbons (Fsp3) is 0.357. The van der Waals surface area contributed by atoms with Crippen LogP contribution in [0.5, 0.6) is 5.75 Å². The van der Waals surface area contributed by atoms with E-state index in [9.17, 15) is 10.2 Å². The van der Waals surface area contributed by atoms with Crippen LogP contribution in [0.15, 0.2) is 60.7 Å². The molecule has 3 aromatic rings. The molecule has 2 N–H and O–H groups in total. The Balaban J connectivity index is 1.75. The Morgan fingerprint density at radius 2 is 1.79 bits per heavy atom. The summed E-state index contributed by atoms with van der Waals surface area (Å²) in [5.41, 5.74) is 6.55. The van der Waals surface area contributed by atoms with Gasteiger partial charge in [0.2, 0.25) is 0 Å². The Labute approximate surface area is 200 Å². The Hall–Kier alpha value is -2.37. The number of aliphatic hydroxyl groups excluding tert-OH is 2. The van der Waals surface area contributed by atoms with Gasteiger partial charge in [-0.3, -0.25) is 0 Å². The van der Waals surface area contributed by atoms with Gasteiger partial charge < -0.3 is 19.7 Å². The van der Waals surface area contributed by atoms with Crippen LogP contribution < -0.4 is 4.74 Å². The van der Waals surface area contributed by atoms with E-state index in [4.69, 9.17) is 21.1 Å². The molecule has 4 nitrogen and oxygen atoms in total. The molecule has 3 aromatic carbocycles. The van der Waals surface area contributed by atoms with Crippen molar-refractivity contribution in [1.82, 2.24) is 0 Å². The van der Waals surface area contributed by atoms with Crippen molar-refractivity contribution in [2.45, 2.75) is 51.4 Å². The van der Waals surface area contributed by atoms with E-state index in [2.05, 4.69) is 31.2 Å². The number of hydrogen-bond acceptors (Lipinski definition) is 4. The lowest BCUT2D eigenvalue weighted by Crippen LogP contribution is -2.33. The molecule has 0 spiro atoms. The maximum atomic E-state index is 10.4. The smallest absolute Gasteiger partial charge is 0.119 e. The van der Waals surface area contributed by atoms with Crippen LogP contribution in [0, 0.1) is 6.92 Å². The van der Waals surface area contributed by atoms with E-state index in [1.807, 2.05) is 43.3 Å². The highest BCUT2D eigenvalue weighted by Gasteiger charge is 2.30. The minimum atomic E-state index is -0.500. The Morgan fingerprint density at radius 3 is 2.48 bits per heavy atom. The van der Waals surface area contributed by atoms with Gasteiger partial charge in [0, 0.05) is 23.4 Å². The van der Waals surface area contributed by atoms with Gasteiger partial charge in [0.05, 0.1) is 31.5 Å². The molecule has 4 rings (SSSR count). The monoisotopic (exact) mass is 466 g/mol. The standard InChI is InChI=1S/C28H31ClO4/c1-3-32-23-10-8-19(9-11-23)12-20-13-21(28-16-22(31)15-24(17-30)33-28)14-26(18(20)2)25-6-4-5-7-27(25)29/h4-11,13-14,22,24,28,30-31H,3,12,15-17H2,1-2H3. The van der Waals surface area contributed by atoms with Crippen molar-refractivity contribution in [2.24, 2.45) is 0 Å². The molecule has 174 valence electrons. The van der Waals surface area contributed by atoms with Gasteiger partial charge in [0.1, 0.15) is 5.75 Å². The minimum Gasteiger partial charge on any atom is -0.494 e. The predicted octanol–water partition coefficient (Wildman–Crippen LogP) is 5.88. The highest BCUT2D eigenvalue weighted by molar-refractivity contribution is 6.33. The lowest BCUT2D eigenvalue weighted by molar-refractivity contribution is -0.113. The normalized spacial score (nSPS) is 20.6. The van der Waals surface area contributed by atoms with E-state index in [0.29, 0.717) is 24.5 Å². The van der Waals surface area contributed by atoms with E-state index in [0.717, 1.165) is 34.4 Å². The van der Waals surface area contributed by atoms with Crippen molar-refractivity contribution < 1.29 is 19.7 Å². The SMILES string of the molecule is CCOc1ccc(Cc2cc(C3CC(O)CC(CO)O3)cc(-c3ccccc3Cl)c2C)cc1. The second-order valence-electron chi connectivity index (χ2n) is 8.64. The van der Waals surface area contributed by atoms with E-state index in [1.54, 1.807) is 0 Å². The fourth-order valence-electron chi connectivity index (χ4n) is 4.54. The largest absolute Gasteiger partial charge is 0.494 e. The van der Waals surface area contributed by atoms with Crippen molar-refractivity contribution in [3.05, 3.63) is 87.9 Å². The van der Waals surface area contributed by atoms with Gasteiger partial charge in [-0.25, -0.2) is 0 Å². The topological polar surface area (TPSA) is 58.9 Å². The highest BCUT2D eigenvalue weighted by atomic mass is 35.5. The summed E-state index contributed by atoms with van der Waals surface area (Å²) in [6, 6.07) is 20.3. The molecule has 0 aliphatic carbocycles. The van der Waals surface area contributed by atoms with Gasteiger partial charge in [-0.2, -0.15) is 0 Å². The highest BCUT2D eigenvalue weighted by Crippen LogP contribution is 2.38. The second-order valence-corrected chi connectivity index (χ2v) is 9.05. The third-order valence-electron chi connectivity index (χ3n) is 6.28. The molecule has 0 radical (unpaired) electrons. The van der Waals surface area contributed by atoms with Crippen molar-refractivity contribution in [3.8, 4) is 16.9 Å². The zero-order valence-electron chi connectivity index (χ0n) is 19.1. The average Bonchev–Trinajstić information content (AvgIpc) is 2.82. The van der Waals surface area contributed by atoms with Gasteiger partial charge in [0.15, 0.2) is 0 Å². The van der Waals surface area contributed by atoms with Crippen molar-refractivity contribution in [3.63, 3.8) is 0 Å². The van der Waals surface area contributed by atoms with Crippen LogP contribution >= 0.6 is 11.6 Å². The first kappa shape index (κ1) is 23.8. The molecule has 1 fully saturated rings. The van der Waals surface area contributed by atoms with Crippen LogP contribution in [0.3, 0.4) is 0 Å². The van der Waals surface area contributed by atoms with Gasteiger partial charge in [-0.1, -0.05) is 48.0 Å². The van der Waals surface area contributed by atoms with Gasteiger partial charge in [-0.05, 0) is 72.4 Å². The van der Waals surface area contributed by atoms with Crippen molar-refractivity contribution in [1.29, 1.82) is 0 Å². The average molecular weight is 467 g/mol. The molecule has 0 amide bonds. The third-order valence-corrected chi connectivity index (χ3v) is 6.61. The molecular formula is C28H31ClO4. The van der Waals surface area contributed by atoms with Gasteiger partial charge in [-0.15, -0.1) is 0 Å². The first-order chi connectivity index (χ1) is 16.0.